The Labute approximate surface area is 213 Å². The van der Waals surface area contributed by atoms with Crippen LogP contribution in [0.25, 0.3) is 32.6 Å². The number of nitrogens with zero attached hydrogens (tertiary/aromatic N) is 3. The summed E-state index contributed by atoms with van der Waals surface area (Å²) in [6.45, 7) is 2.95. The van der Waals surface area contributed by atoms with Crippen LogP contribution in [0.15, 0.2) is 47.8 Å². The number of halogens is 1. The lowest BCUT2D eigenvalue weighted by molar-refractivity contribution is -0.133. The molecule has 0 spiro atoms. The molecule has 0 bridgehead atoms. The number of hydrogen-bond acceptors (Lipinski definition) is 6. The predicted molar refractivity (Wildman–Crippen MR) is 140 cm³/mol. The lowest BCUT2D eigenvalue weighted by Crippen LogP contribution is -2.37. The third kappa shape index (κ3) is 4.35. The van der Waals surface area contributed by atoms with E-state index in [1.54, 1.807) is 22.3 Å². The third-order valence-electron chi connectivity index (χ3n) is 7.19. The molecule has 0 radical (unpaired) electrons. The summed E-state index contributed by atoms with van der Waals surface area (Å²) in [6, 6.07) is 13.1. The summed E-state index contributed by atoms with van der Waals surface area (Å²) in [6.07, 6.45) is 2.32. The molecule has 6 rings (SSSR count). The second-order valence-corrected chi connectivity index (χ2v) is 10.5. The summed E-state index contributed by atoms with van der Waals surface area (Å²) in [5.41, 5.74) is 5.98. The zero-order valence-corrected chi connectivity index (χ0v) is 20.9. The number of rotatable bonds is 5. The van der Waals surface area contributed by atoms with Gasteiger partial charge in [-0.2, -0.15) is 0 Å². The molecule has 184 valence electrons. The van der Waals surface area contributed by atoms with Crippen molar-refractivity contribution >= 4 is 27.3 Å². The first kappa shape index (κ1) is 23.1. The molecule has 8 heteroatoms. The number of benzene rings is 2. The topological polar surface area (TPSA) is 67.3 Å². The fourth-order valence-electron chi connectivity index (χ4n) is 5.06. The van der Waals surface area contributed by atoms with Crippen LogP contribution in [-0.2, 0) is 17.8 Å². The van der Waals surface area contributed by atoms with Crippen molar-refractivity contribution in [1.29, 1.82) is 0 Å². The van der Waals surface area contributed by atoms with Crippen LogP contribution in [0.5, 0.6) is 5.75 Å². The van der Waals surface area contributed by atoms with Crippen LogP contribution in [0.2, 0.25) is 0 Å². The Morgan fingerprint density at radius 3 is 2.92 bits per heavy atom. The highest BCUT2D eigenvalue weighted by atomic mass is 32.1. The van der Waals surface area contributed by atoms with Crippen molar-refractivity contribution in [3.05, 3.63) is 64.8 Å². The quantitative estimate of drug-likeness (QED) is 0.413. The van der Waals surface area contributed by atoms with E-state index in [4.69, 9.17) is 4.74 Å². The van der Waals surface area contributed by atoms with E-state index in [0.717, 1.165) is 47.3 Å². The summed E-state index contributed by atoms with van der Waals surface area (Å²) in [4.78, 5) is 13.8. The average Bonchev–Trinajstić information content (AvgIpc) is 3.39. The molecule has 2 aromatic heterocycles. The van der Waals surface area contributed by atoms with Crippen LogP contribution in [0.1, 0.15) is 24.0 Å². The van der Waals surface area contributed by atoms with Gasteiger partial charge in [0.25, 0.3) is 0 Å². The molecule has 1 saturated heterocycles. The summed E-state index contributed by atoms with van der Waals surface area (Å²) in [7, 11) is 1.82. The van der Waals surface area contributed by atoms with Crippen molar-refractivity contribution in [3.8, 4) is 28.3 Å². The minimum Gasteiger partial charge on any atom is -0.492 e. The molecular formula is C28H27FN4O2S. The standard InChI is InChI=1S/C28H27FN4O2S/c1-33-10-7-17(12-25(33)34)16-35-24-14-21(29)4-5-22(24)27-28-23(8-11-36-28)26(31-32-27)19-2-3-20-15-30-9-6-18(20)13-19/h2-5,8,11,13-14,17,30H,6-7,9-10,12,15-16H2,1H3. The van der Waals surface area contributed by atoms with Crippen LogP contribution < -0.4 is 10.1 Å². The maximum atomic E-state index is 14.2. The maximum absolute atomic E-state index is 14.2. The normalized spacial score (nSPS) is 17.9. The minimum absolute atomic E-state index is 0.110. The van der Waals surface area contributed by atoms with E-state index in [0.29, 0.717) is 36.6 Å². The van der Waals surface area contributed by atoms with Gasteiger partial charge >= 0.3 is 0 Å². The fraction of sp³-hybridized carbons (Fsp3) is 0.321. The van der Waals surface area contributed by atoms with Crippen molar-refractivity contribution in [3.63, 3.8) is 0 Å². The van der Waals surface area contributed by atoms with Gasteiger partial charge in [-0.05, 0) is 60.2 Å². The highest BCUT2D eigenvalue weighted by molar-refractivity contribution is 7.17. The molecule has 1 N–H and O–H groups in total. The average molecular weight is 503 g/mol. The van der Waals surface area contributed by atoms with Crippen LogP contribution >= 0.6 is 11.3 Å². The van der Waals surface area contributed by atoms with Gasteiger partial charge in [-0.15, -0.1) is 21.5 Å². The predicted octanol–water partition coefficient (Wildman–Crippen LogP) is 5.06. The molecule has 4 heterocycles. The number of ether oxygens (including phenoxy) is 1. The Bertz CT molecular complexity index is 1450. The number of fused-ring (bicyclic) bond motifs is 2. The second-order valence-electron chi connectivity index (χ2n) is 9.60. The zero-order valence-electron chi connectivity index (χ0n) is 20.1. The lowest BCUT2D eigenvalue weighted by Gasteiger charge is -2.28. The molecule has 0 aliphatic carbocycles. The van der Waals surface area contributed by atoms with Crippen LogP contribution in [-0.4, -0.2) is 47.7 Å². The smallest absolute Gasteiger partial charge is 0.222 e. The number of thiophene rings is 1. The Balaban J connectivity index is 1.34. The number of carbonyl (C=O) groups is 1. The van der Waals surface area contributed by atoms with Crippen LogP contribution in [0, 0.1) is 11.7 Å². The Morgan fingerprint density at radius 1 is 1.14 bits per heavy atom. The maximum Gasteiger partial charge on any atom is 0.222 e. The number of aromatic nitrogens is 2. The molecule has 1 unspecified atom stereocenters. The van der Waals surface area contributed by atoms with Gasteiger partial charge in [0, 0.05) is 55.1 Å². The van der Waals surface area contributed by atoms with Crippen LogP contribution in [0.4, 0.5) is 4.39 Å². The van der Waals surface area contributed by atoms with Gasteiger partial charge in [0.15, 0.2) is 0 Å². The lowest BCUT2D eigenvalue weighted by atomic mass is 9.96. The Kier molecular flexibility index (Phi) is 6.15. The number of nitrogens with one attached hydrogen (secondary N) is 1. The number of carbonyl (C=O) groups excluding carboxylic acids is 1. The molecule has 1 amide bonds. The van der Waals surface area contributed by atoms with E-state index in [9.17, 15) is 9.18 Å². The van der Waals surface area contributed by atoms with Crippen molar-refractivity contribution < 1.29 is 13.9 Å². The van der Waals surface area contributed by atoms with Gasteiger partial charge in [-0.1, -0.05) is 12.1 Å². The second kappa shape index (κ2) is 9.59. The molecule has 36 heavy (non-hydrogen) atoms. The largest absolute Gasteiger partial charge is 0.492 e. The minimum atomic E-state index is -0.372. The molecule has 4 aromatic rings. The highest BCUT2D eigenvalue weighted by Crippen LogP contribution is 2.40. The SMILES string of the molecule is CN1CCC(COc2cc(F)ccc2-c2nnc(-c3ccc4c(c3)CCNC4)c3ccsc23)CC1=O. The first-order valence-corrected chi connectivity index (χ1v) is 13.2. The van der Waals surface area contributed by atoms with Crippen molar-refractivity contribution in [2.75, 3.05) is 26.7 Å². The van der Waals surface area contributed by atoms with Crippen LogP contribution in [0.3, 0.4) is 0 Å². The summed E-state index contributed by atoms with van der Waals surface area (Å²) < 4.78 is 21.3. The Morgan fingerprint density at radius 2 is 2.03 bits per heavy atom. The van der Waals surface area contributed by atoms with Gasteiger partial charge < -0.3 is 15.0 Å². The number of hydrogen-bond donors (Lipinski definition) is 1. The number of likely N-dealkylation sites (tertiary alicyclic amines) is 1. The highest BCUT2D eigenvalue weighted by Gasteiger charge is 2.25. The molecule has 2 aliphatic heterocycles. The summed E-state index contributed by atoms with van der Waals surface area (Å²) >= 11 is 1.59. The van der Waals surface area contributed by atoms with Crippen molar-refractivity contribution in [1.82, 2.24) is 20.4 Å². The van der Waals surface area contributed by atoms with Gasteiger partial charge in [0.1, 0.15) is 23.0 Å². The molecule has 1 atom stereocenters. The zero-order chi connectivity index (χ0) is 24.6. The van der Waals surface area contributed by atoms with Crippen molar-refractivity contribution in [2.24, 2.45) is 5.92 Å². The molecular weight excluding hydrogens is 475 g/mol. The van der Waals surface area contributed by atoms with Gasteiger partial charge in [-0.25, -0.2) is 4.39 Å². The first-order valence-electron chi connectivity index (χ1n) is 12.3. The number of piperidine rings is 1. The van der Waals surface area contributed by atoms with Crippen molar-refractivity contribution in [2.45, 2.75) is 25.8 Å². The fourth-order valence-corrected chi connectivity index (χ4v) is 5.95. The van der Waals surface area contributed by atoms with Gasteiger partial charge in [-0.3, -0.25) is 4.79 Å². The summed E-state index contributed by atoms with van der Waals surface area (Å²) in [5, 5.41) is 15.8. The van der Waals surface area contributed by atoms with E-state index < -0.39 is 0 Å². The van der Waals surface area contributed by atoms with E-state index in [1.165, 1.54) is 23.3 Å². The van der Waals surface area contributed by atoms with E-state index in [2.05, 4.69) is 39.8 Å². The first-order chi connectivity index (χ1) is 17.6. The Hall–Kier alpha value is -3.36. The number of amides is 1. The monoisotopic (exact) mass is 502 g/mol. The molecule has 1 fully saturated rings. The van der Waals surface area contributed by atoms with Gasteiger partial charge in [0.2, 0.25) is 5.91 Å². The molecule has 0 saturated carbocycles. The molecule has 6 nitrogen and oxygen atoms in total. The summed E-state index contributed by atoms with van der Waals surface area (Å²) in [5.74, 6) is 0.289. The molecule has 2 aromatic carbocycles. The van der Waals surface area contributed by atoms with E-state index in [1.807, 2.05) is 12.4 Å². The third-order valence-corrected chi connectivity index (χ3v) is 8.11. The van der Waals surface area contributed by atoms with E-state index >= 15 is 0 Å². The van der Waals surface area contributed by atoms with E-state index in [-0.39, 0.29) is 17.6 Å². The van der Waals surface area contributed by atoms with Gasteiger partial charge in [0.05, 0.1) is 11.3 Å². The molecule has 2 aliphatic rings.